The van der Waals surface area contributed by atoms with Crippen molar-refractivity contribution in [1.29, 1.82) is 0 Å². The molecule has 0 fully saturated rings. The molecule has 0 atom stereocenters. The number of aryl methyl sites for hydroxylation is 1. The standard InChI is InChI=1S/C18H25NO2/c1-4-21-17(20)19-11-8-13-5-6-14-7-10-18(2,3)16(14)15(13)9-12-19/h5-6H,4,7-12H2,1-3H3. The fourth-order valence-corrected chi connectivity index (χ4v) is 3.89. The fourth-order valence-electron chi connectivity index (χ4n) is 3.89. The minimum absolute atomic E-state index is 0.166. The summed E-state index contributed by atoms with van der Waals surface area (Å²) < 4.78 is 5.16. The van der Waals surface area contributed by atoms with E-state index in [1.165, 1.54) is 29.5 Å². The maximum atomic E-state index is 12.0. The van der Waals surface area contributed by atoms with Gasteiger partial charge in [-0.05, 0) is 60.3 Å². The molecule has 0 radical (unpaired) electrons. The maximum Gasteiger partial charge on any atom is 0.409 e. The minimum atomic E-state index is -0.166. The molecule has 1 amide bonds. The van der Waals surface area contributed by atoms with Crippen molar-refractivity contribution >= 4 is 6.09 Å². The number of ether oxygens (including phenoxy) is 1. The van der Waals surface area contributed by atoms with E-state index in [1.54, 1.807) is 5.56 Å². The van der Waals surface area contributed by atoms with Gasteiger partial charge in [0.1, 0.15) is 0 Å². The molecule has 1 aromatic rings. The number of rotatable bonds is 1. The zero-order chi connectivity index (χ0) is 15.0. The average molecular weight is 287 g/mol. The zero-order valence-electron chi connectivity index (χ0n) is 13.4. The normalized spacial score (nSPS) is 19.7. The summed E-state index contributed by atoms with van der Waals surface area (Å²) in [7, 11) is 0. The van der Waals surface area contributed by atoms with Crippen LogP contribution in [0.15, 0.2) is 12.1 Å². The smallest absolute Gasteiger partial charge is 0.409 e. The van der Waals surface area contributed by atoms with Gasteiger partial charge in [0, 0.05) is 13.1 Å². The number of fused-ring (bicyclic) bond motifs is 3. The molecule has 1 heterocycles. The Morgan fingerprint density at radius 1 is 1.19 bits per heavy atom. The monoisotopic (exact) mass is 287 g/mol. The van der Waals surface area contributed by atoms with E-state index in [2.05, 4.69) is 26.0 Å². The highest BCUT2D eigenvalue weighted by atomic mass is 16.6. The second-order valence-corrected chi connectivity index (χ2v) is 6.81. The van der Waals surface area contributed by atoms with Crippen LogP contribution in [0.1, 0.15) is 49.4 Å². The quantitative estimate of drug-likeness (QED) is 0.791. The van der Waals surface area contributed by atoms with Gasteiger partial charge in [-0.2, -0.15) is 0 Å². The highest BCUT2D eigenvalue weighted by Crippen LogP contribution is 2.42. The van der Waals surface area contributed by atoms with Gasteiger partial charge in [-0.3, -0.25) is 0 Å². The number of benzene rings is 1. The van der Waals surface area contributed by atoms with Crippen LogP contribution >= 0.6 is 0 Å². The molecule has 0 bridgehead atoms. The Balaban J connectivity index is 1.89. The topological polar surface area (TPSA) is 29.5 Å². The third-order valence-electron chi connectivity index (χ3n) is 5.00. The zero-order valence-corrected chi connectivity index (χ0v) is 13.4. The Morgan fingerprint density at radius 2 is 1.90 bits per heavy atom. The van der Waals surface area contributed by atoms with Crippen molar-refractivity contribution in [3.63, 3.8) is 0 Å². The number of carbonyl (C=O) groups is 1. The molecule has 0 unspecified atom stereocenters. The van der Waals surface area contributed by atoms with Gasteiger partial charge in [0.2, 0.25) is 0 Å². The predicted molar refractivity (Wildman–Crippen MR) is 83.8 cm³/mol. The van der Waals surface area contributed by atoms with E-state index < -0.39 is 0 Å². The van der Waals surface area contributed by atoms with Gasteiger partial charge >= 0.3 is 6.09 Å². The molecule has 1 aliphatic heterocycles. The summed E-state index contributed by atoms with van der Waals surface area (Å²) in [5.41, 5.74) is 6.28. The lowest BCUT2D eigenvalue weighted by Gasteiger charge is -2.24. The number of carbonyl (C=O) groups excluding carboxylic acids is 1. The SMILES string of the molecule is CCOC(=O)N1CCc2ccc3c(c2CC1)C(C)(C)CC3. The third kappa shape index (κ3) is 2.54. The lowest BCUT2D eigenvalue weighted by atomic mass is 9.81. The molecule has 1 aliphatic carbocycles. The van der Waals surface area contributed by atoms with Crippen molar-refractivity contribution in [3.8, 4) is 0 Å². The summed E-state index contributed by atoms with van der Waals surface area (Å²) in [6.07, 6.45) is 4.16. The van der Waals surface area contributed by atoms with E-state index in [9.17, 15) is 4.79 Å². The van der Waals surface area contributed by atoms with E-state index >= 15 is 0 Å². The largest absolute Gasteiger partial charge is 0.450 e. The summed E-state index contributed by atoms with van der Waals surface area (Å²) in [6, 6.07) is 4.59. The van der Waals surface area contributed by atoms with Crippen LogP contribution in [0.2, 0.25) is 0 Å². The van der Waals surface area contributed by atoms with Crippen LogP contribution in [-0.4, -0.2) is 30.7 Å². The summed E-state index contributed by atoms with van der Waals surface area (Å²) in [5, 5.41) is 0. The van der Waals surface area contributed by atoms with Crippen LogP contribution in [0.25, 0.3) is 0 Å². The average Bonchev–Trinajstić information content (AvgIpc) is 2.64. The van der Waals surface area contributed by atoms with Gasteiger partial charge in [0.25, 0.3) is 0 Å². The summed E-state index contributed by atoms with van der Waals surface area (Å²) in [5.74, 6) is 0. The van der Waals surface area contributed by atoms with Gasteiger partial charge < -0.3 is 9.64 Å². The summed E-state index contributed by atoms with van der Waals surface area (Å²) in [4.78, 5) is 13.8. The van der Waals surface area contributed by atoms with Crippen molar-refractivity contribution in [2.45, 2.75) is 51.9 Å². The first-order valence-electron chi connectivity index (χ1n) is 8.08. The van der Waals surface area contributed by atoms with Crippen LogP contribution in [0.4, 0.5) is 4.79 Å². The van der Waals surface area contributed by atoms with Gasteiger partial charge in [0.15, 0.2) is 0 Å². The van der Waals surface area contributed by atoms with E-state index in [4.69, 9.17) is 4.74 Å². The lowest BCUT2D eigenvalue weighted by molar-refractivity contribution is 0.109. The first-order chi connectivity index (χ1) is 10.0. The van der Waals surface area contributed by atoms with Crippen molar-refractivity contribution in [3.05, 3.63) is 34.4 Å². The third-order valence-corrected chi connectivity index (χ3v) is 5.00. The molecule has 0 saturated heterocycles. The maximum absolute atomic E-state index is 12.0. The molecule has 3 nitrogen and oxygen atoms in total. The van der Waals surface area contributed by atoms with Gasteiger partial charge in [-0.25, -0.2) is 4.79 Å². The van der Waals surface area contributed by atoms with Gasteiger partial charge in [-0.15, -0.1) is 0 Å². The fraction of sp³-hybridized carbons (Fsp3) is 0.611. The Bertz CT molecular complexity index is 563. The molecule has 0 N–H and O–H groups in total. The number of hydrogen-bond acceptors (Lipinski definition) is 2. The Labute approximate surface area is 127 Å². The van der Waals surface area contributed by atoms with Gasteiger partial charge in [0.05, 0.1) is 6.61 Å². The predicted octanol–water partition coefficient (Wildman–Crippen LogP) is 3.47. The molecule has 21 heavy (non-hydrogen) atoms. The van der Waals surface area contributed by atoms with E-state index in [1.807, 2.05) is 11.8 Å². The second-order valence-electron chi connectivity index (χ2n) is 6.81. The van der Waals surface area contributed by atoms with Crippen LogP contribution in [0, 0.1) is 0 Å². The van der Waals surface area contributed by atoms with Crippen molar-refractivity contribution < 1.29 is 9.53 Å². The lowest BCUT2D eigenvalue weighted by Crippen LogP contribution is -2.33. The number of hydrogen-bond donors (Lipinski definition) is 0. The molecule has 1 aromatic carbocycles. The number of amides is 1. The Kier molecular flexibility index (Phi) is 3.68. The van der Waals surface area contributed by atoms with Crippen molar-refractivity contribution in [2.24, 2.45) is 0 Å². The Morgan fingerprint density at radius 3 is 2.67 bits per heavy atom. The van der Waals surface area contributed by atoms with Crippen LogP contribution in [0.5, 0.6) is 0 Å². The molecule has 0 spiro atoms. The molecule has 0 aromatic heterocycles. The molecular weight excluding hydrogens is 262 g/mol. The van der Waals surface area contributed by atoms with E-state index in [0.29, 0.717) is 6.61 Å². The molecule has 3 rings (SSSR count). The summed E-state index contributed by atoms with van der Waals surface area (Å²) >= 11 is 0. The van der Waals surface area contributed by atoms with Crippen molar-refractivity contribution in [1.82, 2.24) is 4.90 Å². The van der Waals surface area contributed by atoms with E-state index in [-0.39, 0.29) is 11.5 Å². The highest BCUT2D eigenvalue weighted by molar-refractivity contribution is 5.68. The first-order valence-corrected chi connectivity index (χ1v) is 8.08. The molecule has 3 heteroatoms. The van der Waals surface area contributed by atoms with Gasteiger partial charge in [-0.1, -0.05) is 26.0 Å². The minimum Gasteiger partial charge on any atom is -0.450 e. The van der Waals surface area contributed by atoms with E-state index in [0.717, 1.165) is 25.9 Å². The van der Waals surface area contributed by atoms with Crippen molar-refractivity contribution in [2.75, 3.05) is 19.7 Å². The second kappa shape index (κ2) is 5.36. The first kappa shape index (κ1) is 14.4. The molecule has 114 valence electrons. The highest BCUT2D eigenvalue weighted by Gasteiger charge is 2.34. The van der Waals surface area contributed by atoms with Crippen LogP contribution < -0.4 is 0 Å². The molecular formula is C18H25NO2. The number of nitrogens with zero attached hydrogens (tertiary/aromatic N) is 1. The molecule has 2 aliphatic rings. The van der Waals surface area contributed by atoms with Crippen LogP contribution in [0.3, 0.4) is 0 Å². The van der Waals surface area contributed by atoms with Crippen LogP contribution in [-0.2, 0) is 29.4 Å². The Hall–Kier alpha value is -1.51. The summed E-state index contributed by atoms with van der Waals surface area (Å²) in [6.45, 7) is 8.56. The molecule has 0 saturated carbocycles.